The van der Waals surface area contributed by atoms with E-state index in [4.69, 9.17) is 28.9 Å². The Morgan fingerprint density at radius 3 is 2.83 bits per heavy atom. The van der Waals surface area contributed by atoms with Crippen molar-refractivity contribution >= 4 is 23.2 Å². The minimum Gasteiger partial charge on any atom is -0.371 e. The van der Waals surface area contributed by atoms with Crippen LogP contribution < -0.4 is 5.73 Å². The number of rotatable bonds is 2. The summed E-state index contributed by atoms with van der Waals surface area (Å²) < 4.78 is 0. The van der Waals surface area contributed by atoms with Crippen LogP contribution in [-0.2, 0) is 0 Å². The molecule has 1 atom stereocenters. The quantitative estimate of drug-likeness (QED) is 0.678. The third-order valence-corrected chi connectivity index (χ3v) is 2.32. The molecule has 12 heavy (non-hydrogen) atoms. The Morgan fingerprint density at radius 2 is 2.33 bits per heavy atom. The molecule has 1 aliphatic rings. The largest absolute Gasteiger partial charge is 0.371 e. The zero-order chi connectivity index (χ0) is 9.19. The van der Waals surface area contributed by atoms with E-state index in [2.05, 4.69) is 0 Å². The van der Waals surface area contributed by atoms with E-state index in [-0.39, 0.29) is 0 Å². The van der Waals surface area contributed by atoms with Gasteiger partial charge in [0.05, 0.1) is 0 Å². The van der Waals surface area contributed by atoms with Gasteiger partial charge in [0, 0.05) is 11.5 Å². The number of hydrogen-bond acceptors (Lipinski definition) is 2. The summed E-state index contributed by atoms with van der Waals surface area (Å²) in [6, 6.07) is 0. The zero-order valence-electron chi connectivity index (χ0n) is 6.56. The van der Waals surface area contributed by atoms with E-state index in [1.807, 2.05) is 6.08 Å². The molecule has 0 heterocycles. The molecule has 0 amide bonds. The first kappa shape index (κ1) is 10.1. The molecule has 3 N–H and O–H groups in total. The van der Waals surface area contributed by atoms with Crippen molar-refractivity contribution in [2.75, 3.05) is 6.54 Å². The van der Waals surface area contributed by atoms with Gasteiger partial charge >= 0.3 is 0 Å². The number of aliphatic hydroxyl groups is 1. The van der Waals surface area contributed by atoms with Gasteiger partial charge < -0.3 is 10.8 Å². The minimum absolute atomic E-state index is 0.389. The van der Waals surface area contributed by atoms with Gasteiger partial charge in [-0.05, 0) is 24.6 Å². The second-order valence-electron chi connectivity index (χ2n) is 2.78. The summed E-state index contributed by atoms with van der Waals surface area (Å²) >= 11 is 11.5. The molecule has 0 bridgehead atoms. The van der Waals surface area contributed by atoms with Gasteiger partial charge in [0.15, 0.2) is 5.06 Å². The number of hydrogen-bond donors (Lipinski definition) is 2. The van der Waals surface area contributed by atoms with Crippen molar-refractivity contribution in [1.29, 1.82) is 0 Å². The molecule has 0 aromatic carbocycles. The topological polar surface area (TPSA) is 46.2 Å². The highest BCUT2D eigenvalue weighted by atomic mass is 35.5. The van der Waals surface area contributed by atoms with Crippen LogP contribution in [0.3, 0.4) is 0 Å². The van der Waals surface area contributed by atoms with E-state index < -0.39 is 5.06 Å². The molecule has 0 radical (unpaired) electrons. The molecule has 1 rings (SSSR count). The molecule has 0 fully saturated rings. The van der Waals surface area contributed by atoms with Crippen molar-refractivity contribution in [2.45, 2.75) is 17.9 Å². The summed E-state index contributed by atoms with van der Waals surface area (Å²) in [4.78, 5) is 0. The van der Waals surface area contributed by atoms with Crippen LogP contribution in [0.25, 0.3) is 0 Å². The predicted molar refractivity (Wildman–Crippen MR) is 51.1 cm³/mol. The third-order valence-electron chi connectivity index (χ3n) is 1.70. The van der Waals surface area contributed by atoms with Crippen LogP contribution in [0.15, 0.2) is 22.8 Å². The molecule has 0 spiro atoms. The van der Waals surface area contributed by atoms with Crippen molar-refractivity contribution in [2.24, 2.45) is 5.73 Å². The lowest BCUT2D eigenvalue weighted by Crippen LogP contribution is -2.20. The first-order valence-corrected chi connectivity index (χ1v) is 4.50. The van der Waals surface area contributed by atoms with Gasteiger partial charge in [-0.1, -0.05) is 29.3 Å². The Labute approximate surface area is 81.6 Å². The third kappa shape index (κ3) is 2.49. The highest BCUT2D eigenvalue weighted by Crippen LogP contribution is 2.32. The Bertz CT molecular complexity index is 233. The first-order valence-electron chi connectivity index (χ1n) is 3.74. The zero-order valence-corrected chi connectivity index (χ0v) is 8.07. The Hall–Kier alpha value is -0.0200. The van der Waals surface area contributed by atoms with Gasteiger partial charge in [0.1, 0.15) is 0 Å². The number of nitrogens with two attached hydrogens (primary N) is 1. The van der Waals surface area contributed by atoms with Gasteiger partial charge in [0.25, 0.3) is 0 Å². The normalized spacial score (nSPS) is 29.7. The van der Waals surface area contributed by atoms with Gasteiger partial charge in [-0.2, -0.15) is 0 Å². The fourth-order valence-electron chi connectivity index (χ4n) is 1.09. The van der Waals surface area contributed by atoms with E-state index >= 15 is 0 Å². The van der Waals surface area contributed by atoms with Crippen LogP contribution in [0.1, 0.15) is 12.8 Å². The molecular formula is C8H11Cl2NO. The highest BCUT2D eigenvalue weighted by molar-refractivity contribution is 6.33. The van der Waals surface area contributed by atoms with Gasteiger partial charge in [-0.25, -0.2) is 0 Å². The minimum atomic E-state index is -1.31. The number of allylic oxidation sites excluding steroid dienone is 1. The van der Waals surface area contributed by atoms with E-state index in [1.54, 1.807) is 0 Å². The summed E-state index contributed by atoms with van der Waals surface area (Å²) in [5, 5.41) is 8.55. The number of halogens is 2. The van der Waals surface area contributed by atoms with Gasteiger partial charge in [0.2, 0.25) is 0 Å². The maximum Gasteiger partial charge on any atom is 0.162 e. The fraction of sp³-hybridized carbons (Fsp3) is 0.500. The average molecular weight is 208 g/mol. The van der Waals surface area contributed by atoms with Crippen molar-refractivity contribution in [3.05, 3.63) is 22.8 Å². The molecule has 68 valence electrons. The lowest BCUT2D eigenvalue weighted by molar-refractivity contribution is 0.181. The molecule has 0 aromatic heterocycles. The van der Waals surface area contributed by atoms with Crippen molar-refractivity contribution < 1.29 is 5.11 Å². The average Bonchev–Trinajstić information content (AvgIpc) is 1.94. The van der Waals surface area contributed by atoms with Crippen molar-refractivity contribution in [3.63, 3.8) is 0 Å². The summed E-state index contributed by atoms with van der Waals surface area (Å²) in [6.45, 7) is 0.552. The van der Waals surface area contributed by atoms with Crippen LogP contribution in [-0.4, -0.2) is 16.7 Å². The SMILES string of the molecule is NCCC1=CCC(O)(Cl)C=C1Cl. The lowest BCUT2D eigenvalue weighted by Gasteiger charge is -2.21. The lowest BCUT2D eigenvalue weighted by atomic mass is 10.0. The second kappa shape index (κ2) is 3.79. The summed E-state index contributed by atoms with van der Waals surface area (Å²) in [5.74, 6) is 0. The Balaban J connectivity index is 2.72. The van der Waals surface area contributed by atoms with E-state index in [0.717, 1.165) is 12.0 Å². The maximum atomic E-state index is 9.36. The number of alkyl halides is 1. The molecular weight excluding hydrogens is 197 g/mol. The van der Waals surface area contributed by atoms with Crippen LogP contribution >= 0.6 is 23.2 Å². The molecule has 0 saturated heterocycles. The van der Waals surface area contributed by atoms with Crippen LogP contribution in [0, 0.1) is 0 Å². The van der Waals surface area contributed by atoms with Crippen LogP contribution in [0.5, 0.6) is 0 Å². The van der Waals surface area contributed by atoms with Crippen LogP contribution in [0.4, 0.5) is 0 Å². The fourth-order valence-corrected chi connectivity index (χ4v) is 1.68. The van der Waals surface area contributed by atoms with Crippen LogP contribution in [0.2, 0.25) is 0 Å². The Morgan fingerprint density at radius 1 is 1.67 bits per heavy atom. The molecule has 1 aliphatic carbocycles. The van der Waals surface area contributed by atoms with E-state index in [0.29, 0.717) is 18.0 Å². The molecule has 0 saturated carbocycles. The summed E-state index contributed by atoms with van der Waals surface area (Å²) in [6.07, 6.45) is 4.38. The predicted octanol–water partition coefficient (Wildman–Crippen LogP) is 1.72. The maximum absolute atomic E-state index is 9.36. The summed E-state index contributed by atoms with van der Waals surface area (Å²) in [7, 11) is 0. The second-order valence-corrected chi connectivity index (χ2v) is 3.84. The van der Waals surface area contributed by atoms with Crippen molar-refractivity contribution in [3.8, 4) is 0 Å². The smallest absolute Gasteiger partial charge is 0.162 e. The molecule has 1 unspecified atom stereocenters. The molecule has 0 aromatic rings. The Kier molecular flexibility index (Phi) is 3.18. The standard InChI is InChI=1S/C8H11Cl2NO/c9-7-5-8(10,12)3-1-6(7)2-4-11/h1,5,12H,2-4,11H2. The highest BCUT2D eigenvalue weighted by Gasteiger charge is 2.24. The van der Waals surface area contributed by atoms with E-state index in [9.17, 15) is 5.11 Å². The van der Waals surface area contributed by atoms with E-state index in [1.165, 1.54) is 6.08 Å². The molecule has 2 nitrogen and oxygen atoms in total. The van der Waals surface area contributed by atoms with Gasteiger partial charge in [-0.3, -0.25) is 0 Å². The summed E-state index contributed by atoms with van der Waals surface area (Å²) in [5.41, 5.74) is 6.33. The monoisotopic (exact) mass is 207 g/mol. The molecule has 4 heteroatoms. The van der Waals surface area contributed by atoms with Gasteiger partial charge in [-0.15, -0.1) is 0 Å². The molecule has 0 aliphatic heterocycles. The first-order chi connectivity index (χ1) is 5.55. The van der Waals surface area contributed by atoms with Crippen molar-refractivity contribution in [1.82, 2.24) is 0 Å².